The molecule has 2 rings (SSSR count). The number of fused-ring (bicyclic) bond motifs is 1. The molecule has 2 aromatic rings. The van der Waals surface area contributed by atoms with E-state index >= 15 is 0 Å². The fourth-order valence-corrected chi connectivity index (χ4v) is 2.14. The number of hydrogen-bond donors (Lipinski definition) is 1. The van der Waals surface area contributed by atoms with Crippen LogP contribution in [-0.2, 0) is 12.8 Å². The Hall–Kier alpha value is -1.41. The van der Waals surface area contributed by atoms with Gasteiger partial charge in [-0.2, -0.15) is 0 Å². The van der Waals surface area contributed by atoms with Crippen LogP contribution < -0.4 is 5.73 Å². The molecule has 0 atom stereocenters. The Morgan fingerprint density at radius 2 is 2.06 bits per heavy atom. The first-order valence-corrected chi connectivity index (χ1v) is 6.34. The maximum Gasteiger partial charge on any atom is 0.0708 e. The summed E-state index contributed by atoms with van der Waals surface area (Å²) in [5.41, 5.74) is 10.5. The first-order valence-electron chi connectivity index (χ1n) is 6.34. The fraction of sp³-hybridized carbons (Fsp3) is 0.400. The highest BCUT2D eigenvalue weighted by Crippen LogP contribution is 2.20. The minimum Gasteiger partial charge on any atom is -0.330 e. The number of nitrogens with zero attached hydrogens (tertiary/aromatic N) is 1. The summed E-state index contributed by atoms with van der Waals surface area (Å²) < 4.78 is 0. The molecular formula is C15H20N2. The molecule has 1 aromatic heterocycles. The first kappa shape index (κ1) is 12.1. The molecular weight excluding hydrogens is 208 g/mol. The molecule has 2 N–H and O–H groups in total. The van der Waals surface area contributed by atoms with E-state index in [1.54, 1.807) is 0 Å². The molecule has 0 bridgehead atoms. The lowest BCUT2D eigenvalue weighted by Gasteiger charge is -2.07. The molecule has 0 unspecified atom stereocenters. The Morgan fingerprint density at radius 3 is 2.76 bits per heavy atom. The van der Waals surface area contributed by atoms with E-state index in [1.807, 2.05) is 0 Å². The molecule has 0 spiro atoms. The van der Waals surface area contributed by atoms with E-state index in [4.69, 9.17) is 10.7 Å². The van der Waals surface area contributed by atoms with Gasteiger partial charge in [0.25, 0.3) is 0 Å². The number of aryl methyl sites for hydroxylation is 3. The third-order valence-electron chi connectivity index (χ3n) is 3.18. The minimum atomic E-state index is 0.730. The maximum absolute atomic E-state index is 5.54. The molecule has 0 radical (unpaired) electrons. The van der Waals surface area contributed by atoms with Gasteiger partial charge in [0.05, 0.1) is 5.52 Å². The molecule has 0 aliphatic heterocycles. The van der Waals surface area contributed by atoms with Crippen molar-refractivity contribution in [3.63, 3.8) is 0 Å². The van der Waals surface area contributed by atoms with Crippen LogP contribution in [0.25, 0.3) is 10.9 Å². The van der Waals surface area contributed by atoms with E-state index in [-0.39, 0.29) is 0 Å². The predicted molar refractivity (Wildman–Crippen MR) is 73.2 cm³/mol. The predicted octanol–water partition coefficient (Wildman–Crippen LogP) is 3.00. The van der Waals surface area contributed by atoms with Crippen molar-refractivity contribution in [1.29, 1.82) is 0 Å². The highest BCUT2D eigenvalue weighted by atomic mass is 14.7. The van der Waals surface area contributed by atoms with Crippen LogP contribution in [0.3, 0.4) is 0 Å². The second-order valence-electron chi connectivity index (χ2n) is 4.53. The molecule has 90 valence electrons. The number of pyridine rings is 1. The van der Waals surface area contributed by atoms with E-state index in [0.717, 1.165) is 37.0 Å². The van der Waals surface area contributed by atoms with Gasteiger partial charge >= 0.3 is 0 Å². The molecule has 1 aromatic carbocycles. The van der Waals surface area contributed by atoms with Crippen LogP contribution in [0.4, 0.5) is 0 Å². The summed E-state index contributed by atoms with van der Waals surface area (Å²) in [7, 11) is 0. The second-order valence-corrected chi connectivity index (χ2v) is 4.53. The van der Waals surface area contributed by atoms with Gasteiger partial charge in [0.15, 0.2) is 0 Å². The normalized spacial score (nSPS) is 11.0. The number of hydrogen-bond acceptors (Lipinski definition) is 2. The van der Waals surface area contributed by atoms with Crippen LogP contribution in [0.1, 0.15) is 30.2 Å². The zero-order chi connectivity index (χ0) is 12.3. The van der Waals surface area contributed by atoms with Crippen molar-refractivity contribution in [2.75, 3.05) is 6.54 Å². The molecule has 0 saturated carbocycles. The lowest BCUT2D eigenvalue weighted by atomic mass is 10.0. The van der Waals surface area contributed by atoms with Gasteiger partial charge in [-0.25, -0.2) is 0 Å². The van der Waals surface area contributed by atoms with Crippen LogP contribution in [0.15, 0.2) is 24.3 Å². The Balaban J connectivity index is 2.44. The number of nitrogens with two attached hydrogens (primary N) is 1. The highest BCUT2D eigenvalue weighted by molar-refractivity contribution is 5.82. The van der Waals surface area contributed by atoms with Gasteiger partial charge in [-0.05, 0) is 62.1 Å². The van der Waals surface area contributed by atoms with E-state index in [9.17, 15) is 0 Å². The summed E-state index contributed by atoms with van der Waals surface area (Å²) in [6, 6.07) is 8.75. The molecule has 0 amide bonds. The van der Waals surface area contributed by atoms with E-state index in [2.05, 4.69) is 38.1 Å². The van der Waals surface area contributed by atoms with E-state index in [0.29, 0.717) is 0 Å². The van der Waals surface area contributed by atoms with Gasteiger partial charge in [0.1, 0.15) is 0 Å². The van der Waals surface area contributed by atoms with Gasteiger partial charge in [-0.3, -0.25) is 4.98 Å². The average Bonchev–Trinajstić information content (AvgIpc) is 2.36. The minimum absolute atomic E-state index is 0.730. The van der Waals surface area contributed by atoms with Crippen LogP contribution in [0, 0.1) is 6.92 Å². The van der Waals surface area contributed by atoms with Gasteiger partial charge in [-0.1, -0.05) is 13.0 Å². The fourth-order valence-electron chi connectivity index (χ4n) is 2.14. The van der Waals surface area contributed by atoms with Crippen LogP contribution in [-0.4, -0.2) is 11.5 Å². The standard InChI is InChI=1S/C15H20N2/c1-3-12-6-7-15-14(10-12)11(2)9-13(17-15)5-4-8-16/h6-7,9-10H,3-5,8,16H2,1-2H3. The molecule has 17 heavy (non-hydrogen) atoms. The van der Waals surface area contributed by atoms with Crippen molar-refractivity contribution in [2.45, 2.75) is 33.1 Å². The summed E-state index contributed by atoms with van der Waals surface area (Å²) in [6.07, 6.45) is 3.05. The summed E-state index contributed by atoms with van der Waals surface area (Å²) in [6.45, 7) is 5.07. The SMILES string of the molecule is CCc1ccc2nc(CCCN)cc(C)c2c1. The zero-order valence-corrected chi connectivity index (χ0v) is 10.7. The monoisotopic (exact) mass is 228 g/mol. The molecule has 0 saturated heterocycles. The third-order valence-corrected chi connectivity index (χ3v) is 3.18. The van der Waals surface area contributed by atoms with Gasteiger partial charge in [0, 0.05) is 11.1 Å². The molecule has 1 heterocycles. The Kier molecular flexibility index (Phi) is 3.75. The molecule has 2 nitrogen and oxygen atoms in total. The second kappa shape index (κ2) is 5.28. The van der Waals surface area contributed by atoms with Crippen LogP contribution >= 0.6 is 0 Å². The lowest BCUT2D eigenvalue weighted by Crippen LogP contribution is -2.02. The number of aromatic nitrogens is 1. The van der Waals surface area contributed by atoms with Crippen LogP contribution in [0.2, 0.25) is 0 Å². The largest absolute Gasteiger partial charge is 0.330 e. The lowest BCUT2D eigenvalue weighted by molar-refractivity contribution is 0.813. The Morgan fingerprint density at radius 1 is 1.24 bits per heavy atom. The summed E-state index contributed by atoms with van der Waals surface area (Å²) in [4.78, 5) is 4.69. The van der Waals surface area contributed by atoms with Crippen molar-refractivity contribution >= 4 is 10.9 Å². The van der Waals surface area contributed by atoms with Gasteiger partial charge in [0.2, 0.25) is 0 Å². The third kappa shape index (κ3) is 2.64. The van der Waals surface area contributed by atoms with Crippen molar-refractivity contribution in [1.82, 2.24) is 4.98 Å². The van der Waals surface area contributed by atoms with Crippen molar-refractivity contribution in [3.8, 4) is 0 Å². The maximum atomic E-state index is 5.54. The zero-order valence-electron chi connectivity index (χ0n) is 10.7. The van der Waals surface area contributed by atoms with E-state index < -0.39 is 0 Å². The molecule has 0 aliphatic carbocycles. The number of rotatable bonds is 4. The molecule has 0 fully saturated rings. The Labute approximate surface area is 103 Å². The first-order chi connectivity index (χ1) is 8.24. The smallest absolute Gasteiger partial charge is 0.0708 e. The molecule has 0 aliphatic rings. The van der Waals surface area contributed by atoms with Gasteiger partial charge in [-0.15, -0.1) is 0 Å². The van der Waals surface area contributed by atoms with Crippen molar-refractivity contribution < 1.29 is 0 Å². The summed E-state index contributed by atoms with van der Waals surface area (Å²) in [5.74, 6) is 0. The number of benzene rings is 1. The van der Waals surface area contributed by atoms with Gasteiger partial charge < -0.3 is 5.73 Å². The summed E-state index contributed by atoms with van der Waals surface area (Å²) in [5, 5.41) is 1.28. The highest BCUT2D eigenvalue weighted by Gasteiger charge is 2.03. The van der Waals surface area contributed by atoms with Crippen molar-refractivity contribution in [3.05, 3.63) is 41.1 Å². The van der Waals surface area contributed by atoms with E-state index in [1.165, 1.54) is 16.5 Å². The average molecular weight is 228 g/mol. The van der Waals surface area contributed by atoms with Crippen molar-refractivity contribution in [2.24, 2.45) is 5.73 Å². The quantitative estimate of drug-likeness (QED) is 0.873. The topological polar surface area (TPSA) is 38.9 Å². The van der Waals surface area contributed by atoms with Crippen LogP contribution in [0.5, 0.6) is 0 Å². The Bertz CT molecular complexity index is 518. The summed E-state index contributed by atoms with van der Waals surface area (Å²) >= 11 is 0. The molecule has 2 heteroatoms.